The van der Waals surface area contributed by atoms with Crippen LogP contribution in [0.4, 0.5) is 0 Å². The van der Waals surface area contributed by atoms with Crippen molar-refractivity contribution in [3.63, 3.8) is 0 Å². The number of ether oxygens (including phenoxy) is 1. The first-order valence-electron chi connectivity index (χ1n) is 6.88. The molecule has 0 bridgehead atoms. The number of nitrogens with one attached hydrogen (secondary N) is 1. The van der Waals surface area contributed by atoms with Gasteiger partial charge in [0.25, 0.3) is 0 Å². The first kappa shape index (κ1) is 12.0. The second kappa shape index (κ2) is 4.38. The van der Waals surface area contributed by atoms with Crippen LogP contribution in [-0.4, -0.2) is 21.5 Å². The molecule has 104 valence electrons. The number of hydrogen-bond acceptors (Lipinski definition) is 2. The number of benzene rings is 2. The second-order valence-corrected chi connectivity index (χ2v) is 5.08. The second-order valence-electron chi connectivity index (χ2n) is 5.08. The zero-order chi connectivity index (χ0) is 14.4. The summed E-state index contributed by atoms with van der Waals surface area (Å²) < 4.78 is 7.37. The van der Waals surface area contributed by atoms with Gasteiger partial charge in [0.1, 0.15) is 5.75 Å². The Kier molecular flexibility index (Phi) is 2.51. The summed E-state index contributed by atoms with van der Waals surface area (Å²) in [5.41, 5.74) is 5.47. The fraction of sp³-hybridized carbons (Fsp3) is 0.118. The van der Waals surface area contributed by atoms with Gasteiger partial charge >= 0.3 is 0 Å². The van der Waals surface area contributed by atoms with E-state index in [0.29, 0.717) is 0 Å². The molecule has 0 aliphatic carbocycles. The number of H-pyrrole nitrogens is 1. The van der Waals surface area contributed by atoms with Crippen LogP contribution in [0, 0.1) is 6.92 Å². The molecule has 2 heterocycles. The number of fused-ring (bicyclic) bond motifs is 3. The maximum Gasteiger partial charge on any atom is 0.213 e. The number of para-hydroxylation sites is 2. The van der Waals surface area contributed by atoms with Crippen molar-refractivity contribution < 1.29 is 4.74 Å². The normalized spacial score (nSPS) is 11.3. The number of imidazole rings is 2. The molecule has 2 aromatic carbocycles. The monoisotopic (exact) mass is 277 g/mol. The van der Waals surface area contributed by atoms with Crippen molar-refractivity contribution in [3.8, 4) is 17.0 Å². The van der Waals surface area contributed by atoms with E-state index in [1.807, 2.05) is 36.4 Å². The van der Waals surface area contributed by atoms with Crippen molar-refractivity contribution in [3.05, 3.63) is 54.2 Å². The highest BCUT2D eigenvalue weighted by molar-refractivity contribution is 5.82. The lowest BCUT2D eigenvalue weighted by atomic mass is 10.1. The molecular formula is C17H15N3O. The molecule has 1 N–H and O–H groups in total. The van der Waals surface area contributed by atoms with Crippen molar-refractivity contribution in [1.82, 2.24) is 14.4 Å². The zero-order valence-corrected chi connectivity index (χ0v) is 11.9. The molecule has 0 atom stereocenters. The van der Waals surface area contributed by atoms with E-state index < -0.39 is 0 Å². The van der Waals surface area contributed by atoms with E-state index in [-0.39, 0.29) is 0 Å². The Morgan fingerprint density at radius 2 is 1.81 bits per heavy atom. The lowest BCUT2D eigenvalue weighted by molar-refractivity contribution is 0.415. The third kappa shape index (κ3) is 1.72. The van der Waals surface area contributed by atoms with Crippen molar-refractivity contribution in [2.45, 2.75) is 6.92 Å². The minimum Gasteiger partial charge on any atom is -0.497 e. The maximum atomic E-state index is 5.21. The van der Waals surface area contributed by atoms with E-state index in [1.165, 1.54) is 0 Å². The molecule has 0 aliphatic rings. The standard InChI is InChI=1S/C17H15N3O/c1-11-16(12-7-9-13(21-2)10-8-12)19-17-18-14-5-3-4-6-15(14)20(11)17/h3-10H,1-2H3,(H,18,19). The molecule has 2 aromatic heterocycles. The zero-order valence-electron chi connectivity index (χ0n) is 11.9. The minimum atomic E-state index is 0.853. The molecule has 4 aromatic rings. The average molecular weight is 277 g/mol. The molecule has 0 saturated heterocycles. The summed E-state index contributed by atoms with van der Waals surface area (Å²) in [6.07, 6.45) is 0. The lowest BCUT2D eigenvalue weighted by Gasteiger charge is -2.02. The van der Waals surface area contributed by atoms with Gasteiger partial charge in [-0.05, 0) is 43.3 Å². The SMILES string of the molecule is COc1ccc(-c2nc3[nH]c4ccccc4n3c2C)cc1. The first-order chi connectivity index (χ1) is 10.3. The molecule has 0 radical (unpaired) electrons. The van der Waals surface area contributed by atoms with Crippen LogP contribution in [0.15, 0.2) is 48.5 Å². The summed E-state index contributed by atoms with van der Waals surface area (Å²) in [5, 5.41) is 0. The largest absolute Gasteiger partial charge is 0.497 e. The molecule has 0 amide bonds. The average Bonchev–Trinajstić information content (AvgIpc) is 3.04. The van der Waals surface area contributed by atoms with Gasteiger partial charge in [0.2, 0.25) is 5.78 Å². The van der Waals surface area contributed by atoms with E-state index in [0.717, 1.165) is 39.5 Å². The van der Waals surface area contributed by atoms with E-state index in [1.54, 1.807) is 7.11 Å². The van der Waals surface area contributed by atoms with E-state index in [9.17, 15) is 0 Å². The van der Waals surface area contributed by atoms with Crippen LogP contribution in [0.5, 0.6) is 5.75 Å². The Labute approximate surface area is 122 Å². The molecule has 0 unspecified atom stereocenters. The van der Waals surface area contributed by atoms with Crippen LogP contribution in [0.3, 0.4) is 0 Å². The van der Waals surface area contributed by atoms with Gasteiger partial charge in [-0.2, -0.15) is 0 Å². The van der Waals surface area contributed by atoms with Crippen LogP contribution >= 0.6 is 0 Å². The van der Waals surface area contributed by atoms with Crippen LogP contribution in [0.2, 0.25) is 0 Å². The highest BCUT2D eigenvalue weighted by Gasteiger charge is 2.14. The van der Waals surface area contributed by atoms with E-state index in [2.05, 4.69) is 28.4 Å². The molecule has 0 fully saturated rings. The summed E-state index contributed by atoms with van der Waals surface area (Å²) in [5.74, 6) is 1.73. The smallest absolute Gasteiger partial charge is 0.213 e. The van der Waals surface area contributed by atoms with Gasteiger partial charge in [-0.25, -0.2) is 4.98 Å². The number of aromatic nitrogens is 3. The number of aromatic amines is 1. The van der Waals surface area contributed by atoms with Crippen molar-refractivity contribution in [2.75, 3.05) is 7.11 Å². The fourth-order valence-electron chi connectivity index (χ4n) is 2.80. The third-order valence-electron chi connectivity index (χ3n) is 3.86. The summed E-state index contributed by atoms with van der Waals surface area (Å²) in [7, 11) is 1.67. The first-order valence-corrected chi connectivity index (χ1v) is 6.88. The quantitative estimate of drug-likeness (QED) is 0.605. The van der Waals surface area contributed by atoms with Crippen LogP contribution in [-0.2, 0) is 0 Å². The summed E-state index contributed by atoms with van der Waals surface area (Å²) in [6.45, 7) is 2.10. The molecule has 0 spiro atoms. The number of methoxy groups -OCH3 is 1. The highest BCUT2D eigenvalue weighted by atomic mass is 16.5. The number of aryl methyl sites for hydroxylation is 1. The van der Waals surface area contributed by atoms with Crippen molar-refractivity contribution >= 4 is 16.8 Å². The Hall–Kier alpha value is -2.75. The molecule has 21 heavy (non-hydrogen) atoms. The lowest BCUT2D eigenvalue weighted by Crippen LogP contribution is -1.87. The van der Waals surface area contributed by atoms with E-state index >= 15 is 0 Å². The summed E-state index contributed by atoms with van der Waals surface area (Å²) >= 11 is 0. The van der Waals surface area contributed by atoms with Gasteiger partial charge in [-0.15, -0.1) is 0 Å². The molecule has 4 nitrogen and oxygen atoms in total. The van der Waals surface area contributed by atoms with Crippen LogP contribution < -0.4 is 4.74 Å². The van der Waals surface area contributed by atoms with Crippen molar-refractivity contribution in [1.29, 1.82) is 0 Å². The highest BCUT2D eigenvalue weighted by Crippen LogP contribution is 2.28. The van der Waals surface area contributed by atoms with Gasteiger partial charge in [0, 0.05) is 11.3 Å². The predicted molar refractivity (Wildman–Crippen MR) is 83.8 cm³/mol. The van der Waals surface area contributed by atoms with Crippen LogP contribution in [0.25, 0.3) is 28.1 Å². The van der Waals surface area contributed by atoms with Gasteiger partial charge in [-0.1, -0.05) is 12.1 Å². The van der Waals surface area contributed by atoms with E-state index in [4.69, 9.17) is 9.72 Å². The topological polar surface area (TPSA) is 42.3 Å². The van der Waals surface area contributed by atoms with Gasteiger partial charge in [0.05, 0.1) is 23.8 Å². The Bertz CT molecular complexity index is 932. The fourth-order valence-corrected chi connectivity index (χ4v) is 2.80. The Balaban J connectivity index is 1.94. The molecule has 0 saturated carbocycles. The van der Waals surface area contributed by atoms with Crippen molar-refractivity contribution in [2.24, 2.45) is 0 Å². The molecule has 4 rings (SSSR count). The minimum absolute atomic E-state index is 0.853. The molecular weight excluding hydrogens is 262 g/mol. The maximum absolute atomic E-state index is 5.21. The predicted octanol–water partition coefficient (Wildman–Crippen LogP) is 3.80. The molecule has 0 aliphatic heterocycles. The number of rotatable bonds is 2. The van der Waals surface area contributed by atoms with Gasteiger partial charge in [-0.3, -0.25) is 4.40 Å². The number of hydrogen-bond donors (Lipinski definition) is 1. The Morgan fingerprint density at radius 3 is 2.57 bits per heavy atom. The van der Waals surface area contributed by atoms with Crippen LogP contribution in [0.1, 0.15) is 5.69 Å². The number of nitrogens with zero attached hydrogens (tertiary/aromatic N) is 2. The third-order valence-corrected chi connectivity index (χ3v) is 3.86. The summed E-state index contributed by atoms with van der Waals surface area (Å²) in [6, 6.07) is 16.2. The van der Waals surface area contributed by atoms with Gasteiger partial charge in [0.15, 0.2) is 0 Å². The molecule has 4 heteroatoms. The Morgan fingerprint density at radius 1 is 1.05 bits per heavy atom. The summed E-state index contributed by atoms with van der Waals surface area (Å²) in [4.78, 5) is 8.10. The van der Waals surface area contributed by atoms with Gasteiger partial charge < -0.3 is 9.72 Å².